The van der Waals surface area contributed by atoms with Crippen molar-refractivity contribution in [2.45, 2.75) is 24.8 Å². The molecule has 0 radical (unpaired) electrons. The lowest BCUT2D eigenvalue weighted by molar-refractivity contribution is -0.119. The van der Waals surface area contributed by atoms with E-state index in [4.69, 9.17) is 5.73 Å². The van der Waals surface area contributed by atoms with Crippen LogP contribution >= 0.6 is 11.8 Å². The lowest BCUT2D eigenvalue weighted by Gasteiger charge is -2.14. The Kier molecular flexibility index (Phi) is 5.28. The van der Waals surface area contributed by atoms with Crippen LogP contribution in [-0.2, 0) is 4.79 Å². The van der Waals surface area contributed by atoms with E-state index >= 15 is 0 Å². The number of nitrogens with two attached hydrogens (primary N) is 1. The molecular weight excluding hydrogens is 280 g/mol. The molecule has 110 valence electrons. The third-order valence-electron chi connectivity index (χ3n) is 3.23. The second-order valence-corrected chi connectivity index (χ2v) is 6.03. The number of amides is 1. The molecule has 0 aromatic heterocycles. The summed E-state index contributed by atoms with van der Waals surface area (Å²) >= 11 is 1.53. The van der Waals surface area contributed by atoms with Crippen molar-refractivity contribution in [3.63, 3.8) is 0 Å². The van der Waals surface area contributed by atoms with Crippen molar-refractivity contribution in [3.05, 3.63) is 59.7 Å². The number of carbonyl (C=O) groups is 1. The summed E-state index contributed by atoms with van der Waals surface area (Å²) in [7, 11) is 0. The van der Waals surface area contributed by atoms with Crippen LogP contribution in [0.15, 0.2) is 53.4 Å². The molecule has 0 spiro atoms. The Morgan fingerprint density at radius 1 is 1.24 bits per heavy atom. The molecule has 2 aromatic rings. The molecule has 3 N–H and O–H groups in total. The Labute approximate surface area is 129 Å². The average Bonchev–Trinajstić information content (AvgIpc) is 2.47. The van der Waals surface area contributed by atoms with Crippen LogP contribution in [0, 0.1) is 6.92 Å². The fourth-order valence-corrected chi connectivity index (χ4v) is 2.91. The molecule has 0 aliphatic carbocycles. The third kappa shape index (κ3) is 4.53. The van der Waals surface area contributed by atoms with Crippen LogP contribution in [-0.4, -0.2) is 11.7 Å². The van der Waals surface area contributed by atoms with Gasteiger partial charge in [0.15, 0.2) is 0 Å². The monoisotopic (exact) mass is 300 g/mol. The predicted octanol–water partition coefficient (Wildman–Crippen LogP) is 3.55. The second kappa shape index (κ2) is 7.18. The quantitative estimate of drug-likeness (QED) is 0.656. The number of carbonyl (C=O) groups excluding carboxylic acids is 1. The van der Waals surface area contributed by atoms with Gasteiger partial charge in [-0.1, -0.05) is 30.3 Å². The van der Waals surface area contributed by atoms with Crippen LogP contribution in [0.25, 0.3) is 0 Å². The van der Waals surface area contributed by atoms with Gasteiger partial charge in [-0.3, -0.25) is 4.79 Å². The second-order valence-electron chi connectivity index (χ2n) is 5.01. The van der Waals surface area contributed by atoms with Crippen molar-refractivity contribution in [2.24, 2.45) is 0 Å². The molecule has 2 rings (SSSR count). The minimum Gasteiger partial charge on any atom is -0.399 e. The molecule has 2 aromatic carbocycles. The van der Waals surface area contributed by atoms with Gasteiger partial charge in [-0.25, -0.2) is 0 Å². The highest BCUT2D eigenvalue weighted by Gasteiger charge is 2.10. The number of thioether (sulfide) groups is 1. The zero-order valence-corrected chi connectivity index (χ0v) is 13.1. The maximum absolute atomic E-state index is 12.0. The molecule has 1 atom stereocenters. The molecule has 0 aliphatic heterocycles. The first kappa shape index (κ1) is 15.4. The first-order valence-corrected chi connectivity index (χ1v) is 7.88. The number of hydrogen-bond donors (Lipinski definition) is 2. The van der Waals surface area contributed by atoms with Gasteiger partial charge in [-0.05, 0) is 43.2 Å². The number of aryl methyl sites for hydroxylation is 1. The third-order valence-corrected chi connectivity index (χ3v) is 4.41. The van der Waals surface area contributed by atoms with Gasteiger partial charge in [0.25, 0.3) is 0 Å². The van der Waals surface area contributed by atoms with Crippen molar-refractivity contribution < 1.29 is 4.79 Å². The van der Waals surface area contributed by atoms with E-state index in [1.54, 1.807) is 0 Å². The van der Waals surface area contributed by atoms with Gasteiger partial charge in [0.1, 0.15) is 0 Å². The van der Waals surface area contributed by atoms with E-state index in [1.807, 2.05) is 62.4 Å². The molecule has 0 heterocycles. The minimum atomic E-state index is 0.0202. The maximum Gasteiger partial charge on any atom is 0.230 e. The van der Waals surface area contributed by atoms with Crippen molar-refractivity contribution in [3.8, 4) is 0 Å². The molecule has 1 unspecified atom stereocenters. The average molecular weight is 300 g/mol. The molecule has 21 heavy (non-hydrogen) atoms. The summed E-state index contributed by atoms with van der Waals surface area (Å²) < 4.78 is 0. The van der Waals surface area contributed by atoms with E-state index in [2.05, 4.69) is 5.32 Å². The van der Waals surface area contributed by atoms with Gasteiger partial charge in [0.05, 0.1) is 11.8 Å². The normalized spacial score (nSPS) is 11.9. The van der Waals surface area contributed by atoms with Crippen molar-refractivity contribution in [1.29, 1.82) is 0 Å². The highest BCUT2D eigenvalue weighted by molar-refractivity contribution is 8.00. The summed E-state index contributed by atoms with van der Waals surface area (Å²) in [5.41, 5.74) is 8.69. The smallest absolute Gasteiger partial charge is 0.230 e. The highest BCUT2D eigenvalue weighted by atomic mass is 32.2. The van der Waals surface area contributed by atoms with Crippen LogP contribution in [0.3, 0.4) is 0 Å². The summed E-state index contributed by atoms with van der Waals surface area (Å²) in [4.78, 5) is 13.1. The molecule has 1 amide bonds. The van der Waals surface area contributed by atoms with E-state index in [1.165, 1.54) is 11.8 Å². The van der Waals surface area contributed by atoms with Gasteiger partial charge in [-0.15, -0.1) is 11.8 Å². The van der Waals surface area contributed by atoms with Gasteiger partial charge < -0.3 is 11.1 Å². The standard InChI is InChI=1S/C17H20N2OS/c1-12-10-15(18)8-9-16(12)21-11-17(20)19-13(2)14-6-4-3-5-7-14/h3-10,13H,11,18H2,1-2H3,(H,19,20). The Morgan fingerprint density at radius 2 is 1.95 bits per heavy atom. The maximum atomic E-state index is 12.0. The molecule has 0 bridgehead atoms. The lowest BCUT2D eigenvalue weighted by Crippen LogP contribution is -2.28. The number of hydrogen-bond acceptors (Lipinski definition) is 3. The Balaban J connectivity index is 1.87. The lowest BCUT2D eigenvalue weighted by atomic mass is 10.1. The summed E-state index contributed by atoms with van der Waals surface area (Å²) in [5, 5.41) is 3.01. The molecule has 0 saturated carbocycles. The summed E-state index contributed by atoms with van der Waals surface area (Å²) in [6.45, 7) is 4.00. The fourth-order valence-electron chi connectivity index (χ4n) is 2.09. The van der Waals surface area contributed by atoms with Crippen LogP contribution < -0.4 is 11.1 Å². The topological polar surface area (TPSA) is 55.1 Å². The van der Waals surface area contributed by atoms with Gasteiger partial charge >= 0.3 is 0 Å². The summed E-state index contributed by atoms with van der Waals surface area (Å²) in [5.74, 6) is 0.439. The number of benzene rings is 2. The van der Waals surface area contributed by atoms with Crippen LogP contribution in [0.2, 0.25) is 0 Å². The van der Waals surface area contributed by atoms with Crippen LogP contribution in [0.4, 0.5) is 5.69 Å². The van der Waals surface area contributed by atoms with Gasteiger partial charge in [-0.2, -0.15) is 0 Å². The summed E-state index contributed by atoms with van der Waals surface area (Å²) in [6.07, 6.45) is 0. The zero-order valence-electron chi connectivity index (χ0n) is 12.3. The predicted molar refractivity (Wildman–Crippen MR) is 89.3 cm³/mol. The number of rotatable bonds is 5. The highest BCUT2D eigenvalue weighted by Crippen LogP contribution is 2.24. The Morgan fingerprint density at radius 3 is 2.62 bits per heavy atom. The van der Waals surface area contributed by atoms with E-state index in [0.29, 0.717) is 5.75 Å². The van der Waals surface area contributed by atoms with Gasteiger partial charge in [0.2, 0.25) is 5.91 Å². The molecule has 0 saturated heterocycles. The van der Waals surface area contributed by atoms with Crippen molar-refractivity contribution in [2.75, 3.05) is 11.5 Å². The fraction of sp³-hybridized carbons (Fsp3) is 0.235. The summed E-state index contributed by atoms with van der Waals surface area (Å²) in [6, 6.07) is 15.7. The Bertz CT molecular complexity index is 613. The number of nitrogens with one attached hydrogen (secondary N) is 1. The molecule has 4 heteroatoms. The van der Waals surface area contributed by atoms with Crippen molar-refractivity contribution in [1.82, 2.24) is 5.32 Å². The van der Waals surface area contributed by atoms with Crippen LogP contribution in [0.1, 0.15) is 24.1 Å². The van der Waals surface area contributed by atoms with E-state index in [0.717, 1.165) is 21.7 Å². The van der Waals surface area contributed by atoms with E-state index in [9.17, 15) is 4.79 Å². The van der Waals surface area contributed by atoms with Crippen molar-refractivity contribution >= 4 is 23.4 Å². The molecule has 0 fully saturated rings. The molecule has 0 aliphatic rings. The largest absolute Gasteiger partial charge is 0.399 e. The number of anilines is 1. The van der Waals surface area contributed by atoms with Crippen LogP contribution in [0.5, 0.6) is 0 Å². The minimum absolute atomic E-state index is 0.0202. The first-order chi connectivity index (χ1) is 10.1. The zero-order chi connectivity index (χ0) is 15.2. The Hall–Kier alpha value is -1.94. The van der Waals surface area contributed by atoms with Gasteiger partial charge in [0, 0.05) is 10.6 Å². The molecular formula is C17H20N2OS. The van der Waals surface area contributed by atoms with E-state index in [-0.39, 0.29) is 11.9 Å². The molecule has 3 nitrogen and oxygen atoms in total. The SMILES string of the molecule is Cc1cc(N)ccc1SCC(=O)NC(C)c1ccccc1. The first-order valence-electron chi connectivity index (χ1n) is 6.89. The van der Waals surface area contributed by atoms with E-state index < -0.39 is 0 Å². The number of nitrogen functional groups attached to an aromatic ring is 1.